The number of carboxylic acids is 1. The first-order valence-electron chi connectivity index (χ1n) is 4.75. The van der Waals surface area contributed by atoms with Crippen molar-refractivity contribution in [2.45, 2.75) is 0 Å². The molecule has 0 amide bonds. The van der Waals surface area contributed by atoms with Crippen LogP contribution in [-0.2, 0) is 0 Å². The summed E-state index contributed by atoms with van der Waals surface area (Å²) in [6, 6.07) is 10.1. The van der Waals surface area contributed by atoms with Crippen molar-refractivity contribution in [1.82, 2.24) is 4.57 Å². The van der Waals surface area contributed by atoms with Crippen LogP contribution in [0.25, 0.3) is 5.69 Å². The van der Waals surface area contributed by atoms with Crippen molar-refractivity contribution in [3.8, 4) is 11.8 Å². The Morgan fingerprint density at radius 1 is 1.35 bits per heavy atom. The van der Waals surface area contributed by atoms with E-state index < -0.39 is 5.97 Å². The molecule has 0 unspecified atom stereocenters. The lowest BCUT2D eigenvalue weighted by Gasteiger charge is -2.08. The van der Waals surface area contributed by atoms with E-state index >= 15 is 0 Å². The number of para-hydroxylation sites is 1. The van der Waals surface area contributed by atoms with Crippen molar-refractivity contribution in [2.75, 3.05) is 0 Å². The van der Waals surface area contributed by atoms with Crippen molar-refractivity contribution in [3.63, 3.8) is 0 Å². The molecular weight excluding hydrogens is 240 g/mol. The molecule has 0 bridgehead atoms. The molecule has 0 saturated carbocycles. The van der Waals surface area contributed by atoms with Gasteiger partial charge in [-0.1, -0.05) is 23.7 Å². The van der Waals surface area contributed by atoms with Gasteiger partial charge in [-0.05, 0) is 18.2 Å². The van der Waals surface area contributed by atoms with Crippen LogP contribution in [0.2, 0.25) is 5.02 Å². The fourth-order valence-electron chi connectivity index (χ4n) is 1.59. The number of nitriles is 1. The normalized spacial score (nSPS) is 9.88. The van der Waals surface area contributed by atoms with Gasteiger partial charge in [0.2, 0.25) is 0 Å². The Hall–Kier alpha value is -2.25. The number of benzene rings is 1. The zero-order chi connectivity index (χ0) is 12.4. The van der Waals surface area contributed by atoms with Gasteiger partial charge in [-0.2, -0.15) is 5.26 Å². The summed E-state index contributed by atoms with van der Waals surface area (Å²) in [5.74, 6) is -1.16. The van der Waals surface area contributed by atoms with Gasteiger partial charge in [-0.25, -0.2) is 4.79 Å². The monoisotopic (exact) mass is 246 g/mol. The average Bonchev–Trinajstić information content (AvgIpc) is 2.73. The number of halogens is 1. The molecule has 0 atom stereocenters. The fourth-order valence-corrected chi connectivity index (χ4v) is 1.82. The summed E-state index contributed by atoms with van der Waals surface area (Å²) in [5.41, 5.74) is 0.561. The van der Waals surface area contributed by atoms with Crippen LogP contribution in [0.1, 0.15) is 16.1 Å². The topological polar surface area (TPSA) is 66.0 Å². The van der Waals surface area contributed by atoms with Crippen molar-refractivity contribution in [1.29, 1.82) is 5.26 Å². The quantitative estimate of drug-likeness (QED) is 0.886. The Morgan fingerprint density at radius 3 is 2.65 bits per heavy atom. The minimum absolute atomic E-state index is 0.0828. The number of rotatable bonds is 2. The van der Waals surface area contributed by atoms with Crippen LogP contribution in [0, 0.1) is 11.3 Å². The van der Waals surface area contributed by atoms with Crippen LogP contribution in [0.4, 0.5) is 0 Å². The second-order valence-corrected chi connectivity index (χ2v) is 3.72. The van der Waals surface area contributed by atoms with E-state index in [0.717, 1.165) is 0 Å². The highest BCUT2D eigenvalue weighted by molar-refractivity contribution is 6.32. The maximum Gasteiger partial charge on any atom is 0.354 e. The molecule has 0 radical (unpaired) electrons. The molecule has 2 rings (SSSR count). The van der Waals surface area contributed by atoms with E-state index in [1.54, 1.807) is 24.3 Å². The van der Waals surface area contributed by atoms with Crippen LogP contribution in [0.15, 0.2) is 36.5 Å². The maximum absolute atomic E-state index is 11.1. The van der Waals surface area contributed by atoms with Gasteiger partial charge >= 0.3 is 5.97 Å². The smallest absolute Gasteiger partial charge is 0.354 e. The Bertz CT molecular complexity index is 626. The Balaban J connectivity index is 2.70. The molecule has 2 aromatic rings. The molecule has 0 fully saturated rings. The Morgan fingerprint density at radius 2 is 2.06 bits per heavy atom. The van der Waals surface area contributed by atoms with Gasteiger partial charge in [0.15, 0.2) is 0 Å². The van der Waals surface area contributed by atoms with Gasteiger partial charge in [0.1, 0.15) is 11.8 Å². The molecule has 17 heavy (non-hydrogen) atoms. The number of hydrogen-bond acceptors (Lipinski definition) is 2. The number of hydrogen-bond donors (Lipinski definition) is 1. The highest BCUT2D eigenvalue weighted by atomic mass is 35.5. The molecular formula is C12H7ClN2O2. The largest absolute Gasteiger partial charge is 0.477 e. The first-order valence-corrected chi connectivity index (χ1v) is 5.12. The standard InChI is InChI=1S/C12H7ClN2O2/c13-9-3-1-2-4-10(9)15-6-5-8(7-14)11(15)12(16)17/h1-6H,(H,16,17). The Labute approximate surface area is 102 Å². The third kappa shape index (κ3) is 1.88. The second-order valence-electron chi connectivity index (χ2n) is 3.32. The molecule has 0 aliphatic rings. The lowest BCUT2D eigenvalue weighted by atomic mass is 10.2. The average molecular weight is 247 g/mol. The minimum Gasteiger partial charge on any atom is -0.477 e. The summed E-state index contributed by atoms with van der Waals surface area (Å²) in [7, 11) is 0. The van der Waals surface area contributed by atoms with Gasteiger partial charge in [0.05, 0.1) is 16.3 Å². The lowest BCUT2D eigenvalue weighted by molar-refractivity contribution is 0.0688. The van der Waals surface area contributed by atoms with E-state index in [2.05, 4.69) is 0 Å². The predicted molar refractivity (Wildman–Crippen MR) is 62.5 cm³/mol. The number of carboxylic acid groups (broad SMARTS) is 1. The SMILES string of the molecule is N#Cc1ccn(-c2ccccc2Cl)c1C(=O)O. The highest BCUT2D eigenvalue weighted by Crippen LogP contribution is 2.23. The molecule has 1 heterocycles. The third-order valence-corrected chi connectivity index (χ3v) is 2.64. The van der Waals surface area contributed by atoms with Crippen molar-refractivity contribution >= 4 is 17.6 Å². The molecule has 1 aromatic heterocycles. The molecule has 1 N–H and O–H groups in total. The highest BCUT2D eigenvalue weighted by Gasteiger charge is 2.18. The van der Waals surface area contributed by atoms with Gasteiger partial charge in [0, 0.05) is 6.20 Å². The van der Waals surface area contributed by atoms with Crippen LogP contribution in [0.5, 0.6) is 0 Å². The molecule has 84 valence electrons. The minimum atomic E-state index is -1.16. The fraction of sp³-hybridized carbons (Fsp3) is 0. The first kappa shape index (κ1) is 11.2. The zero-order valence-corrected chi connectivity index (χ0v) is 9.35. The summed E-state index contributed by atoms with van der Waals surface area (Å²) >= 11 is 5.99. The molecule has 0 spiro atoms. The molecule has 1 aromatic carbocycles. The number of aromatic nitrogens is 1. The maximum atomic E-state index is 11.1. The molecule has 0 aliphatic heterocycles. The zero-order valence-electron chi connectivity index (χ0n) is 8.59. The van der Waals surface area contributed by atoms with E-state index in [4.69, 9.17) is 22.0 Å². The van der Waals surface area contributed by atoms with Gasteiger partial charge < -0.3 is 9.67 Å². The van der Waals surface area contributed by atoms with Crippen LogP contribution in [0.3, 0.4) is 0 Å². The second kappa shape index (κ2) is 4.32. The predicted octanol–water partition coefficient (Wildman–Crippen LogP) is 2.70. The van der Waals surface area contributed by atoms with Gasteiger partial charge in [-0.15, -0.1) is 0 Å². The molecule has 4 nitrogen and oxygen atoms in total. The lowest BCUT2D eigenvalue weighted by Crippen LogP contribution is -2.08. The van der Waals surface area contributed by atoms with Crippen molar-refractivity contribution < 1.29 is 9.90 Å². The van der Waals surface area contributed by atoms with Crippen LogP contribution >= 0.6 is 11.6 Å². The molecule has 0 saturated heterocycles. The summed E-state index contributed by atoms with van der Waals surface area (Å²) in [6.07, 6.45) is 1.52. The first-order chi connectivity index (χ1) is 8.15. The summed E-state index contributed by atoms with van der Waals surface area (Å²) in [4.78, 5) is 11.1. The molecule has 5 heteroatoms. The summed E-state index contributed by atoms with van der Waals surface area (Å²) < 4.78 is 1.39. The van der Waals surface area contributed by atoms with E-state index in [9.17, 15) is 4.79 Å². The summed E-state index contributed by atoms with van der Waals surface area (Å²) in [6.45, 7) is 0. The van der Waals surface area contributed by atoms with E-state index in [1.165, 1.54) is 16.8 Å². The summed E-state index contributed by atoms with van der Waals surface area (Å²) in [5, 5.41) is 18.4. The number of nitrogens with zero attached hydrogens (tertiary/aromatic N) is 2. The number of aromatic carboxylic acids is 1. The van der Waals surface area contributed by atoms with Crippen molar-refractivity contribution in [2.24, 2.45) is 0 Å². The van der Waals surface area contributed by atoms with Gasteiger partial charge in [-0.3, -0.25) is 0 Å². The molecule has 0 aliphatic carbocycles. The van der Waals surface area contributed by atoms with E-state index in [1.807, 2.05) is 6.07 Å². The van der Waals surface area contributed by atoms with E-state index in [0.29, 0.717) is 10.7 Å². The van der Waals surface area contributed by atoms with Crippen LogP contribution in [-0.4, -0.2) is 15.6 Å². The van der Waals surface area contributed by atoms with Crippen molar-refractivity contribution in [3.05, 3.63) is 52.8 Å². The van der Waals surface area contributed by atoms with Gasteiger partial charge in [0.25, 0.3) is 0 Å². The van der Waals surface area contributed by atoms with E-state index in [-0.39, 0.29) is 11.3 Å². The van der Waals surface area contributed by atoms with Crippen LogP contribution < -0.4 is 0 Å². The number of carbonyl (C=O) groups is 1. The third-order valence-electron chi connectivity index (χ3n) is 2.32. The Kier molecular flexibility index (Phi) is 2.86.